The zero-order valence-corrected chi connectivity index (χ0v) is 12.7. The number of carbonyl (C=O) groups is 2. The molecule has 114 valence electrons. The van der Waals surface area contributed by atoms with Gasteiger partial charge in [0.25, 0.3) is 15.9 Å². The van der Waals surface area contributed by atoms with Crippen LogP contribution >= 0.6 is 0 Å². The van der Waals surface area contributed by atoms with Crippen LogP contribution in [0.5, 0.6) is 0 Å². The molecule has 2 amide bonds. The summed E-state index contributed by atoms with van der Waals surface area (Å²) in [6.45, 7) is 4.31. The lowest BCUT2D eigenvalue weighted by Gasteiger charge is -2.30. The Morgan fingerprint density at radius 2 is 1.86 bits per heavy atom. The molecule has 21 heavy (non-hydrogen) atoms. The maximum absolute atomic E-state index is 12.3. The number of carbonyl (C=O) groups excluding carboxylic acids is 2. The van der Waals surface area contributed by atoms with Crippen LogP contribution in [-0.2, 0) is 14.8 Å². The minimum Gasteiger partial charge on any atom is -0.342 e. The van der Waals surface area contributed by atoms with Crippen LogP contribution in [-0.4, -0.2) is 49.8 Å². The minimum atomic E-state index is -3.82. The molecule has 8 heteroatoms. The van der Waals surface area contributed by atoms with Gasteiger partial charge < -0.3 is 4.90 Å². The van der Waals surface area contributed by atoms with Crippen molar-refractivity contribution in [3.8, 4) is 0 Å². The Labute approximate surface area is 123 Å². The van der Waals surface area contributed by atoms with E-state index in [0.717, 1.165) is 5.01 Å². The molecular weight excluding hydrogens is 294 g/mol. The van der Waals surface area contributed by atoms with Crippen molar-refractivity contribution in [1.29, 1.82) is 0 Å². The largest absolute Gasteiger partial charge is 0.342 e. The van der Waals surface area contributed by atoms with Gasteiger partial charge in [-0.2, -0.15) is 0 Å². The van der Waals surface area contributed by atoms with Crippen LogP contribution in [0, 0.1) is 0 Å². The van der Waals surface area contributed by atoms with Gasteiger partial charge in [-0.05, 0) is 26.0 Å². The molecule has 0 saturated carbocycles. The van der Waals surface area contributed by atoms with Crippen LogP contribution < -0.4 is 4.83 Å². The second kappa shape index (κ2) is 5.82. The summed E-state index contributed by atoms with van der Waals surface area (Å²) in [6, 6.07) is 5.92. The number of sulfonamides is 1. The molecule has 1 aromatic rings. The summed E-state index contributed by atoms with van der Waals surface area (Å²) in [5.74, 6) is -0.837. The minimum absolute atomic E-state index is 0.0680. The van der Waals surface area contributed by atoms with Gasteiger partial charge in [-0.15, -0.1) is 4.83 Å². The fraction of sp³-hybridized carbons (Fsp3) is 0.385. The zero-order valence-electron chi connectivity index (χ0n) is 11.9. The number of nitrogens with zero attached hydrogens (tertiary/aromatic N) is 2. The predicted octanol–water partition coefficient (Wildman–Crippen LogP) is 0.204. The van der Waals surface area contributed by atoms with Gasteiger partial charge in [0.1, 0.15) is 6.54 Å². The molecule has 7 nitrogen and oxygen atoms in total. The van der Waals surface area contributed by atoms with Crippen LogP contribution in [0.4, 0.5) is 0 Å². The van der Waals surface area contributed by atoms with Gasteiger partial charge in [-0.1, -0.05) is 12.1 Å². The third-order valence-electron chi connectivity index (χ3n) is 3.29. The van der Waals surface area contributed by atoms with Crippen molar-refractivity contribution in [1.82, 2.24) is 14.7 Å². The summed E-state index contributed by atoms with van der Waals surface area (Å²) in [4.78, 5) is 27.9. The van der Waals surface area contributed by atoms with Crippen molar-refractivity contribution in [2.24, 2.45) is 0 Å². The van der Waals surface area contributed by atoms with E-state index in [2.05, 4.69) is 4.83 Å². The first-order valence-corrected chi connectivity index (χ1v) is 8.10. The fourth-order valence-corrected chi connectivity index (χ4v) is 3.41. The number of hydrogen-bond acceptors (Lipinski definition) is 4. The van der Waals surface area contributed by atoms with E-state index in [1.807, 2.05) is 13.8 Å². The SMILES string of the molecule is CCN(CC)C(=O)CN1NS(=O)(=O)c2ccccc2C1=O. The molecular formula is C13H17N3O4S. The Hall–Kier alpha value is -1.93. The van der Waals surface area contributed by atoms with Crippen molar-refractivity contribution in [3.05, 3.63) is 29.8 Å². The van der Waals surface area contributed by atoms with Crippen LogP contribution in [0.1, 0.15) is 24.2 Å². The average molecular weight is 311 g/mol. The van der Waals surface area contributed by atoms with Crippen molar-refractivity contribution in [2.45, 2.75) is 18.7 Å². The van der Waals surface area contributed by atoms with E-state index in [9.17, 15) is 18.0 Å². The number of likely N-dealkylation sites (N-methyl/N-ethyl adjacent to an activating group) is 1. The van der Waals surface area contributed by atoms with Crippen LogP contribution in [0.2, 0.25) is 0 Å². The Kier molecular flexibility index (Phi) is 4.29. The summed E-state index contributed by atoms with van der Waals surface area (Å²) in [7, 11) is -3.82. The number of amides is 2. The first kappa shape index (κ1) is 15.5. The first-order chi connectivity index (χ1) is 9.90. The predicted molar refractivity (Wildman–Crippen MR) is 75.7 cm³/mol. The zero-order chi connectivity index (χ0) is 15.6. The molecule has 0 bridgehead atoms. The highest BCUT2D eigenvalue weighted by Crippen LogP contribution is 2.21. The number of benzene rings is 1. The molecule has 0 radical (unpaired) electrons. The Bertz CT molecular complexity index is 668. The van der Waals surface area contributed by atoms with Gasteiger partial charge in [0.15, 0.2) is 0 Å². The summed E-state index contributed by atoms with van der Waals surface area (Å²) in [6.07, 6.45) is 0. The fourth-order valence-electron chi connectivity index (χ4n) is 2.17. The second-order valence-electron chi connectivity index (χ2n) is 4.55. The van der Waals surface area contributed by atoms with Crippen molar-refractivity contribution >= 4 is 21.8 Å². The Morgan fingerprint density at radius 1 is 1.24 bits per heavy atom. The Balaban J connectivity index is 2.29. The van der Waals surface area contributed by atoms with E-state index in [1.54, 1.807) is 12.1 Å². The molecule has 2 rings (SSSR count). The molecule has 1 aromatic carbocycles. The monoisotopic (exact) mass is 311 g/mol. The normalized spacial score (nSPS) is 16.5. The van der Waals surface area contributed by atoms with Gasteiger partial charge >= 0.3 is 0 Å². The van der Waals surface area contributed by atoms with E-state index in [4.69, 9.17) is 0 Å². The van der Waals surface area contributed by atoms with Gasteiger partial charge in [0.05, 0.1) is 10.5 Å². The van der Waals surface area contributed by atoms with E-state index in [-0.39, 0.29) is 22.9 Å². The van der Waals surface area contributed by atoms with Crippen molar-refractivity contribution < 1.29 is 18.0 Å². The molecule has 0 aromatic heterocycles. The van der Waals surface area contributed by atoms with Crippen molar-refractivity contribution in [2.75, 3.05) is 19.6 Å². The van der Waals surface area contributed by atoms with Crippen LogP contribution in [0.3, 0.4) is 0 Å². The number of hydrogen-bond donors (Lipinski definition) is 1. The topological polar surface area (TPSA) is 86.8 Å². The van der Waals surface area contributed by atoms with E-state index in [0.29, 0.717) is 13.1 Å². The van der Waals surface area contributed by atoms with Crippen molar-refractivity contribution in [3.63, 3.8) is 0 Å². The van der Waals surface area contributed by atoms with Crippen LogP contribution in [0.15, 0.2) is 29.2 Å². The first-order valence-electron chi connectivity index (χ1n) is 6.61. The smallest absolute Gasteiger partial charge is 0.270 e. The van der Waals surface area contributed by atoms with E-state index >= 15 is 0 Å². The lowest BCUT2D eigenvalue weighted by molar-refractivity contribution is -0.131. The third kappa shape index (κ3) is 2.91. The highest BCUT2D eigenvalue weighted by atomic mass is 32.2. The number of hydrazine groups is 1. The lowest BCUT2D eigenvalue weighted by Crippen LogP contribution is -2.54. The third-order valence-corrected chi connectivity index (χ3v) is 4.69. The maximum atomic E-state index is 12.3. The number of rotatable bonds is 4. The van der Waals surface area contributed by atoms with Gasteiger partial charge in [0.2, 0.25) is 5.91 Å². The summed E-state index contributed by atoms with van der Waals surface area (Å²) in [5, 5.41) is 0.846. The number of fused-ring (bicyclic) bond motifs is 1. The molecule has 1 heterocycles. The molecule has 0 atom stereocenters. The van der Waals surface area contributed by atoms with Gasteiger partial charge in [0, 0.05) is 13.1 Å². The summed E-state index contributed by atoms with van der Waals surface area (Å²) < 4.78 is 24.2. The van der Waals surface area contributed by atoms with E-state index < -0.39 is 15.9 Å². The Morgan fingerprint density at radius 3 is 2.48 bits per heavy atom. The average Bonchev–Trinajstić information content (AvgIpc) is 2.46. The molecule has 0 spiro atoms. The quantitative estimate of drug-likeness (QED) is 0.861. The lowest BCUT2D eigenvalue weighted by atomic mass is 10.2. The molecule has 1 aliphatic heterocycles. The van der Waals surface area contributed by atoms with E-state index in [1.165, 1.54) is 17.0 Å². The van der Waals surface area contributed by atoms with Gasteiger partial charge in [-0.25, -0.2) is 8.42 Å². The molecule has 0 fully saturated rings. The number of nitrogens with one attached hydrogen (secondary N) is 1. The molecule has 1 aliphatic rings. The molecule has 0 aliphatic carbocycles. The molecule has 1 N–H and O–H groups in total. The standard InChI is InChI=1S/C13H17N3O4S/c1-3-15(4-2)12(17)9-16-13(18)10-7-5-6-8-11(10)21(19,20)14-16/h5-8,14H,3-4,9H2,1-2H3. The molecule has 0 unspecified atom stereocenters. The van der Waals surface area contributed by atoms with Gasteiger partial charge in [-0.3, -0.25) is 14.6 Å². The summed E-state index contributed by atoms with van der Waals surface area (Å²) >= 11 is 0. The summed E-state index contributed by atoms with van der Waals surface area (Å²) in [5.41, 5.74) is 0.0728. The second-order valence-corrected chi connectivity index (χ2v) is 6.18. The highest BCUT2D eigenvalue weighted by Gasteiger charge is 2.35. The maximum Gasteiger partial charge on any atom is 0.270 e. The molecule has 0 saturated heterocycles. The van der Waals surface area contributed by atoms with Crippen LogP contribution in [0.25, 0.3) is 0 Å². The highest BCUT2D eigenvalue weighted by molar-refractivity contribution is 7.89.